The molecule has 15 heavy (non-hydrogen) atoms. The highest BCUT2D eigenvalue weighted by Crippen LogP contribution is 2.40. The van der Waals surface area contributed by atoms with Crippen molar-refractivity contribution in [3.05, 3.63) is 59.7 Å². The Morgan fingerprint density at radius 2 is 1.27 bits per heavy atom. The third kappa shape index (κ3) is 1.23. The van der Waals surface area contributed by atoms with Crippen LogP contribution in [0.5, 0.6) is 0 Å². The molecule has 0 spiro atoms. The van der Waals surface area contributed by atoms with E-state index in [-0.39, 0.29) is 0 Å². The van der Waals surface area contributed by atoms with E-state index in [1.54, 1.807) is 0 Å². The Balaban J connectivity index is 2.20. The van der Waals surface area contributed by atoms with Crippen LogP contribution in [-0.2, 0) is 0 Å². The van der Waals surface area contributed by atoms with Crippen molar-refractivity contribution in [2.24, 2.45) is 0 Å². The van der Waals surface area contributed by atoms with Gasteiger partial charge in [0.1, 0.15) is 0 Å². The molecule has 0 bridgehead atoms. The van der Waals surface area contributed by atoms with Gasteiger partial charge in [-0.05, 0) is 23.3 Å². The molecule has 0 saturated heterocycles. The van der Waals surface area contributed by atoms with Gasteiger partial charge in [0.2, 0.25) is 0 Å². The van der Waals surface area contributed by atoms with Crippen molar-refractivity contribution in [3.8, 4) is 0 Å². The molecule has 0 amide bonds. The SMILES string of the molecule is CC1c2ccccc2Nc2ccccc21. The number of para-hydroxylation sites is 2. The average molecular weight is 195 g/mol. The summed E-state index contributed by atoms with van der Waals surface area (Å²) in [5.74, 6) is 0.485. The van der Waals surface area contributed by atoms with Crippen LogP contribution in [-0.4, -0.2) is 0 Å². The molecule has 0 aromatic heterocycles. The van der Waals surface area contributed by atoms with Crippen LogP contribution >= 0.6 is 0 Å². The molecule has 3 rings (SSSR count). The Labute approximate surface area is 89.8 Å². The van der Waals surface area contributed by atoms with Crippen molar-refractivity contribution in [2.45, 2.75) is 12.8 Å². The second kappa shape index (κ2) is 3.13. The molecule has 0 atom stereocenters. The monoisotopic (exact) mass is 195 g/mol. The maximum atomic E-state index is 3.47. The summed E-state index contributed by atoms with van der Waals surface area (Å²) in [7, 11) is 0. The largest absolute Gasteiger partial charge is 0.355 e. The molecule has 0 aliphatic carbocycles. The summed E-state index contributed by atoms with van der Waals surface area (Å²) in [6, 6.07) is 17.0. The Bertz CT molecular complexity index is 457. The van der Waals surface area contributed by atoms with Crippen molar-refractivity contribution < 1.29 is 0 Å². The van der Waals surface area contributed by atoms with Crippen LogP contribution in [0.4, 0.5) is 11.4 Å². The molecule has 0 unspecified atom stereocenters. The third-order valence-electron chi connectivity index (χ3n) is 3.12. The first-order valence-electron chi connectivity index (χ1n) is 5.31. The Morgan fingerprint density at radius 1 is 0.800 bits per heavy atom. The van der Waals surface area contributed by atoms with E-state index in [0.29, 0.717) is 5.92 Å². The van der Waals surface area contributed by atoms with Crippen LogP contribution in [0.3, 0.4) is 0 Å². The molecule has 1 heteroatoms. The van der Waals surface area contributed by atoms with Gasteiger partial charge in [-0.15, -0.1) is 0 Å². The van der Waals surface area contributed by atoms with Crippen molar-refractivity contribution in [3.63, 3.8) is 0 Å². The summed E-state index contributed by atoms with van der Waals surface area (Å²) in [6.07, 6.45) is 0. The topological polar surface area (TPSA) is 12.0 Å². The molecule has 0 saturated carbocycles. The molecule has 2 aromatic rings. The van der Waals surface area contributed by atoms with Crippen LogP contribution in [0, 0.1) is 0 Å². The lowest BCUT2D eigenvalue weighted by molar-refractivity contribution is 0.912. The summed E-state index contributed by atoms with van der Waals surface area (Å²) in [6.45, 7) is 2.26. The zero-order chi connectivity index (χ0) is 10.3. The first-order chi connectivity index (χ1) is 7.36. The lowest BCUT2D eigenvalue weighted by Gasteiger charge is -2.26. The summed E-state index contributed by atoms with van der Waals surface area (Å²) in [5.41, 5.74) is 5.25. The quantitative estimate of drug-likeness (QED) is 0.672. The summed E-state index contributed by atoms with van der Waals surface area (Å²) >= 11 is 0. The van der Waals surface area contributed by atoms with E-state index < -0.39 is 0 Å². The van der Waals surface area contributed by atoms with E-state index in [9.17, 15) is 0 Å². The van der Waals surface area contributed by atoms with Gasteiger partial charge in [0.05, 0.1) is 0 Å². The van der Waals surface area contributed by atoms with Gasteiger partial charge in [-0.1, -0.05) is 43.3 Å². The van der Waals surface area contributed by atoms with Crippen LogP contribution < -0.4 is 5.32 Å². The number of hydrogen-bond donors (Lipinski definition) is 1. The predicted molar refractivity (Wildman–Crippen MR) is 63.7 cm³/mol. The van der Waals surface area contributed by atoms with Crippen LogP contribution in [0.2, 0.25) is 0 Å². The lowest BCUT2D eigenvalue weighted by atomic mass is 9.87. The summed E-state index contributed by atoms with van der Waals surface area (Å²) in [5, 5.41) is 3.47. The number of benzene rings is 2. The molecular formula is C14H13N. The van der Waals surface area contributed by atoms with Crippen LogP contribution in [0.15, 0.2) is 48.5 Å². The zero-order valence-corrected chi connectivity index (χ0v) is 8.70. The van der Waals surface area contributed by atoms with Gasteiger partial charge in [0, 0.05) is 17.3 Å². The molecule has 0 fully saturated rings. The van der Waals surface area contributed by atoms with Crippen LogP contribution in [0.1, 0.15) is 24.0 Å². The smallest absolute Gasteiger partial charge is 0.0423 e. The minimum atomic E-state index is 0.485. The highest BCUT2D eigenvalue weighted by Gasteiger charge is 2.20. The number of fused-ring (bicyclic) bond motifs is 2. The molecule has 2 aromatic carbocycles. The second-order valence-electron chi connectivity index (χ2n) is 4.02. The van der Waals surface area contributed by atoms with E-state index >= 15 is 0 Å². The zero-order valence-electron chi connectivity index (χ0n) is 8.70. The van der Waals surface area contributed by atoms with E-state index in [4.69, 9.17) is 0 Å². The molecule has 0 radical (unpaired) electrons. The summed E-state index contributed by atoms with van der Waals surface area (Å²) < 4.78 is 0. The number of nitrogens with one attached hydrogen (secondary N) is 1. The highest BCUT2D eigenvalue weighted by molar-refractivity contribution is 5.73. The molecule has 1 nitrogen and oxygen atoms in total. The normalized spacial score (nSPS) is 13.9. The number of anilines is 2. The van der Waals surface area contributed by atoms with Gasteiger partial charge in [-0.2, -0.15) is 0 Å². The third-order valence-corrected chi connectivity index (χ3v) is 3.12. The first kappa shape index (κ1) is 8.54. The molecular weight excluding hydrogens is 182 g/mol. The van der Waals surface area contributed by atoms with Gasteiger partial charge in [0.25, 0.3) is 0 Å². The van der Waals surface area contributed by atoms with Crippen LogP contribution in [0.25, 0.3) is 0 Å². The molecule has 1 aliphatic heterocycles. The van der Waals surface area contributed by atoms with Crippen molar-refractivity contribution in [2.75, 3.05) is 5.32 Å². The summed E-state index contributed by atoms with van der Waals surface area (Å²) in [4.78, 5) is 0. The Hall–Kier alpha value is -1.76. The van der Waals surface area contributed by atoms with E-state index in [0.717, 1.165) is 0 Å². The predicted octanol–water partition coefficient (Wildman–Crippen LogP) is 3.90. The van der Waals surface area contributed by atoms with Crippen molar-refractivity contribution >= 4 is 11.4 Å². The fourth-order valence-electron chi connectivity index (χ4n) is 2.29. The maximum absolute atomic E-state index is 3.47. The number of hydrogen-bond acceptors (Lipinski definition) is 1. The van der Waals surface area contributed by atoms with E-state index in [2.05, 4.69) is 60.8 Å². The van der Waals surface area contributed by atoms with Gasteiger partial charge in [0.15, 0.2) is 0 Å². The number of rotatable bonds is 0. The fraction of sp³-hybridized carbons (Fsp3) is 0.143. The molecule has 1 N–H and O–H groups in total. The van der Waals surface area contributed by atoms with Gasteiger partial charge in [-0.25, -0.2) is 0 Å². The van der Waals surface area contributed by atoms with Gasteiger partial charge in [-0.3, -0.25) is 0 Å². The molecule has 1 heterocycles. The van der Waals surface area contributed by atoms with Crippen molar-refractivity contribution in [1.82, 2.24) is 0 Å². The lowest BCUT2D eigenvalue weighted by Crippen LogP contribution is -2.09. The molecule has 1 aliphatic rings. The fourth-order valence-corrected chi connectivity index (χ4v) is 2.29. The minimum absolute atomic E-state index is 0.485. The highest BCUT2D eigenvalue weighted by atomic mass is 14.9. The molecule has 74 valence electrons. The van der Waals surface area contributed by atoms with Gasteiger partial charge < -0.3 is 5.32 Å². The standard InChI is InChI=1S/C14H13N/c1-10-11-6-2-4-8-13(11)15-14-9-5-3-7-12(10)14/h2-10,15H,1H3. The van der Waals surface area contributed by atoms with E-state index in [1.165, 1.54) is 22.5 Å². The van der Waals surface area contributed by atoms with E-state index in [1.807, 2.05) is 0 Å². The van der Waals surface area contributed by atoms with Gasteiger partial charge >= 0.3 is 0 Å². The van der Waals surface area contributed by atoms with Crippen molar-refractivity contribution in [1.29, 1.82) is 0 Å². The average Bonchev–Trinajstić information content (AvgIpc) is 2.30. The Kier molecular flexibility index (Phi) is 1.78. The second-order valence-corrected chi connectivity index (χ2v) is 4.02. The first-order valence-corrected chi connectivity index (χ1v) is 5.31. The minimum Gasteiger partial charge on any atom is -0.355 e. The maximum Gasteiger partial charge on any atom is 0.0423 e. The Morgan fingerprint density at radius 3 is 1.80 bits per heavy atom.